The summed E-state index contributed by atoms with van der Waals surface area (Å²) in [6.07, 6.45) is 5.85. The van der Waals surface area contributed by atoms with Gasteiger partial charge in [-0.05, 0) is 12.8 Å². The Kier molecular flexibility index (Phi) is 3.96. The van der Waals surface area contributed by atoms with Crippen molar-refractivity contribution in [1.82, 2.24) is 20.2 Å². The van der Waals surface area contributed by atoms with Crippen LogP contribution in [0.3, 0.4) is 0 Å². The third kappa shape index (κ3) is 2.88. The number of piperidine rings is 1. The first-order valence-electron chi connectivity index (χ1n) is 6.27. The van der Waals surface area contributed by atoms with Gasteiger partial charge in [-0.15, -0.1) is 0 Å². The van der Waals surface area contributed by atoms with Gasteiger partial charge in [0, 0.05) is 25.4 Å². The third-order valence-electron chi connectivity index (χ3n) is 3.05. The van der Waals surface area contributed by atoms with Gasteiger partial charge in [0.25, 0.3) is 0 Å². The van der Waals surface area contributed by atoms with E-state index in [9.17, 15) is 9.59 Å². The fourth-order valence-electron chi connectivity index (χ4n) is 2.10. The Bertz CT molecular complexity index is 441. The van der Waals surface area contributed by atoms with E-state index in [4.69, 9.17) is 0 Å². The Balaban J connectivity index is 1.90. The maximum atomic E-state index is 11.9. The van der Waals surface area contributed by atoms with Gasteiger partial charge < -0.3 is 15.2 Å². The third-order valence-corrected chi connectivity index (χ3v) is 3.05. The first kappa shape index (κ1) is 12.6. The molecule has 2 N–H and O–H groups in total. The predicted molar refractivity (Wildman–Crippen MR) is 65.8 cm³/mol. The van der Waals surface area contributed by atoms with Crippen LogP contribution in [0.15, 0.2) is 12.4 Å². The highest BCUT2D eigenvalue weighted by Crippen LogP contribution is 2.03. The SMILES string of the molecule is CCc1nccn1CC(=O)NC1CCCNC1=O. The van der Waals surface area contributed by atoms with Gasteiger partial charge in [-0.3, -0.25) is 9.59 Å². The molecule has 0 bridgehead atoms. The Morgan fingerprint density at radius 1 is 1.67 bits per heavy atom. The first-order chi connectivity index (χ1) is 8.70. The Labute approximate surface area is 106 Å². The molecule has 1 aromatic heterocycles. The van der Waals surface area contributed by atoms with Crippen LogP contribution in [0, 0.1) is 0 Å². The molecule has 1 fully saturated rings. The lowest BCUT2D eigenvalue weighted by Crippen LogP contribution is -2.50. The number of aromatic nitrogens is 2. The molecule has 2 rings (SSSR count). The van der Waals surface area contributed by atoms with Crippen molar-refractivity contribution in [3.63, 3.8) is 0 Å². The molecule has 98 valence electrons. The Hall–Kier alpha value is -1.85. The average molecular weight is 250 g/mol. The topological polar surface area (TPSA) is 76.0 Å². The Morgan fingerprint density at radius 3 is 3.22 bits per heavy atom. The van der Waals surface area contributed by atoms with Crippen LogP contribution in [0.25, 0.3) is 0 Å². The number of hydrogen-bond acceptors (Lipinski definition) is 3. The van der Waals surface area contributed by atoms with E-state index in [1.54, 1.807) is 17.0 Å². The second-order valence-electron chi connectivity index (χ2n) is 4.38. The van der Waals surface area contributed by atoms with Gasteiger partial charge in [0.05, 0.1) is 0 Å². The minimum absolute atomic E-state index is 0.0871. The molecule has 1 aliphatic heterocycles. The van der Waals surface area contributed by atoms with Crippen molar-refractivity contribution < 1.29 is 9.59 Å². The van der Waals surface area contributed by atoms with Crippen LogP contribution in [0.5, 0.6) is 0 Å². The fraction of sp³-hybridized carbons (Fsp3) is 0.583. The minimum Gasteiger partial charge on any atom is -0.354 e. The molecule has 0 aromatic carbocycles. The van der Waals surface area contributed by atoms with Gasteiger partial charge in [-0.1, -0.05) is 6.92 Å². The normalized spacial score (nSPS) is 19.4. The van der Waals surface area contributed by atoms with Gasteiger partial charge in [0.1, 0.15) is 18.4 Å². The average Bonchev–Trinajstić information content (AvgIpc) is 2.79. The molecule has 0 spiro atoms. The number of carbonyl (C=O) groups is 2. The van der Waals surface area contributed by atoms with Crippen LogP contribution in [-0.2, 0) is 22.6 Å². The van der Waals surface area contributed by atoms with E-state index in [0.29, 0.717) is 13.0 Å². The molecule has 1 aromatic rings. The summed E-state index contributed by atoms with van der Waals surface area (Å²) in [5.41, 5.74) is 0. The number of nitrogens with one attached hydrogen (secondary N) is 2. The van der Waals surface area contributed by atoms with Crippen molar-refractivity contribution in [3.8, 4) is 0 Å². The summed E-state index contributed by atoms with van der Waals surface area (Å²) in [5.74, 6) is 0.638. The number of imidazole rings is 1. The fourth-order valence-corrected chi connectivity index (χ4v) is 2.10. The molecule has 1 aliphatic rings. The lowest BCUT2D eigenvalue weighted by molar-refractivity contribution is -0.130. The summed E-state index contributed by atoms with van der Waals surface area (Å²) in [4.78, 5) is 27.5. The molecule has 0 saturated carbocycles. The van der Waals surface area contributed by atoms with Crippen molar-refractivity contribution >= 4 is 11.8 Å². The molecule has 0 radical (unpaired) electrons. The number of aryl methyl sites for hydroxylation is 1. The zero-order valence-corrected chi connectivity index (χ0v) is 10.5. The highest BCUT2D eigenvalue weighted by molar-refractivity contribution is 5.87. The Morgan fingerprint density at radius 2 is 2.50 bits per heavy atom. The van der Waals surface area contributed by atoms with Crippen molar-refractivity contribution in [2.45, 2.75) is 38.8 Å². The zero-order valence-electron chi connectivity index (χ0n) is 10.5. The van der Waals surface area contributed by atoms with E-state index >= 15 is 0 Å². The molecule has 6 heteroatoms. The van der Waals surface area contributed by atoms with Crippen LogP contribution in [-0.4, -0.2) is 34.0 Å². The molecule has 0 aliphatic carbocycles. The number of amides is 2. The van der Waals surface area contributed by atoms with Gasteiger partial charge >= 0.3 is 0 Å². The van der Waals surface area contributed by atoms with Gasteiger partial charge in [-0.2, -0.15) is 0 Å². The molecule has 1 saturated heterocycles. The predicted octanol–water partition coefficient (Wildman–Crippen LogP) is -0.160. The van der Waals surface area contributed by atoms with Gasteiger partial charge in [0.15, 0.2) is 0 Å². The maximum Gasteiger partial charge on any atom is 0.242 e. The van der Waals surface area contributed by atoms with Gasteiger partial charge in [-0.25, -0.2) is 4.98 Å². The van der Waals surface area contributed by atoms with E-state index < -0.39 is 0 Å². The van der Waals surface area contributed by atoms with Crippen LogP contribution in [0.1, 0.15) is 25.6 Å². The van der Waals surface area contributed by atoms with Crippen molar-refractivity contribution in [1.29, 1.82) is 0 Å². The number of carbonyl (C=O) groups excluding carboxylic acids is 2. The molecule has 2 heterocycles. The van der Waals surface area contributed by atoms with E-state index in [1.165, 1.54) is 0 Å². The van der Waals surface area contributed by atoms with Crippen molar-refractivity contribution in [3.05, 3.63) is 18.2 Å². The van der Waals surface area contributed by atoms with E-state index in [-0.39, 0.29) is 24.4 Å². The highest BCUT2D eigenvalue weighted by Gasteiger charge is 2.23. The molecule has 18 heavy (non-hydrogen) atoms. The summed E-state index contributed by atoms with van der Waals surface area (Å²) < 4.78 is 1.80. The molecular weight excluding hydrogens is 232 g/mol. The second-order valence-corrected chi connectivity index (χ2v) is 4.38. The highest BCUT2D eigenvalue weighted by atomic mass is 16.2. The molecule has 1 unspecified atom stereocenters. The summed E-state index contributed by atoms with van der Waals surface area (Å²) in [6, 6.07) is -0.389. The lowest BCUT2D eigenvalue weighted by atomic mass is 10.1. The summed E-state index contributed by atoms with van der Waals surface area (Å²) in [6.45, 7) is 2.91. The minimum atomic E-state index is -0.389. The quantitative estimate of drug-likeness (QED) is 0.779. The summed E-state index contributed by atoms with van der Waals surface area (Å²) >= 11 is 0. The van der Waals surface area contributed by atoms with E-state index in [0.717, 1.165) is 18.7 Å². The van der Waals surface area contributed by atoms with Crippen LogP contribution < -0.4 is 10.6 Å². The monoisotopic (exact) mass is 250 g/mol. The van der Waals surface area contributed by atoms with Crippen LogP contribution in [0.2, 0.25) is 0 Å². The van der Waals surface area contributed by atoms with Gasteiger partial charge in [0.2, 0.25) is 11.8 Å². The number of hydrogen-bond donors (Lipinski definition) is 2. The second kappa shape index (κ2) is 5.66. The number of rotatable bonds is 4. The summed E-state index contributed by atoms with van der Waals surface area (Å²) in [7, 11) is 0. The molecule has 6 nitrogen and oxygen atoms in total. The first-order valence-corrected chi connectivity index (χ1v) is 6.27. The molecular formula is C12H18N4O2. The largest absolute Gasteiger partial charge is 0.354 e. The zero-order chi connectivity index (χ0) is 13.0. The summed E-state index contributed by atoms with van der Waals surface area (Å²) in [5, 5.41) is 5.50. The lowest BCUT2D eigenvalue weighted by Gasteiger charge is -2.22. The van der Waals surface area contributed by atoms with Crippen molar-refractivity contribution in [2.24, 2.45) is 0 Å². The standard InChI is InChI=1S/C12H18N4O2/c1-2-10-13-6-7-16(10)8-11(17)15-9-4-3-5-14-12(9)18/h6-7,9H,2-5,8H2,1H3,(H,14,18)(H,15,17). The molecule has 1 atom stereocenters. The van der Waals surface area contributed by atoms with Crippen LogP contribution >= 0.6 is 0 Å². The molecule has 2 amide bonds. The van der Waals surface area contributed by atoms with Crippen molar-refractivity contribution in [2.75, 3.05) is 6.54 Å². The van der Waals surface area contributed by atoms with E-state index in [1.807, 2.05) is 6.92 Å². The number of nitrogens with zero attached hydrogens (tertiary/aromatic N) is 2. The smallest absolute Gasteiger partial charge is 0.242 e. The maximum absolute atomic E-state index is 11.9. The van der Waals surface area contributed by atoms with E-state index in [2.05, 4.69) is 15.6 Å². The van der Waals surface area contributed by atoms with Crippen LogP contribution in [0.4, 0.5) is 0 Å².